The largest absolute Gasteiger partial charge is 0.478 e. The molecule has 0 aromatic carbocycles. The van der Waals surface area contributed by atoms with Crippen LogP contribution in [0.2, 0.25) is 0 Å². The van der Waals surface area contributed by atoms with E-state index in [1.165, 1.54) is 61.2 Å². The zero-order valence-electron chi connectivity index (χ0n) is 16.7. The van der Waals surface area contributed by atoms with Gasteiger partial charge in [-0.25, -0.2) is 9.59 Å². The van der Waals surface area contributed by atoms with Gasteiger partial charge in [0.1, 0.15) is 0 Å². The molecule has 27 heavy (non-hydrogen) atoms. The van der Waals surface area contributed by atoms with Crippen molar-refractivity contribution in [1.29, 1.82) is 0 Å². The van der Waals surface area contributed by atoms with Gasteiger partial charge in [0.2, 0.25) is 0 Å². The Balaban J connectivity index is 0.000000149. The summed E-state index contributed by atoms with van der Waals surface area (Å²) in [6.45, 7) is 9.20. The van der Waals surface area contributed by atoms with Crippen molar-refractivity contribution >= 4 is 11.9 Å². The van der Waals surface area contributed by atoms with E-state index in [2.05, 4.69) is 13.2 Å². The van der Waals surface area contributed by atoms with Gasteiger partial charge in [-0.15, -0.1) is 0 Å². The van der Waals surface area contributed by atoms with Gasteiger partial charge in [-0.2, -0.15) is 0 Å². The predicted molar refractivity (Wildman–Crippen MR) is 105 cm³/mol. The van der Waals surface area contributed by atoms with Crippen molar-refractivity contribution in [2.24, 2.45) is 47.3 Å². The molecule has 4 heteroatoms. The summed E-state index contributed by atoms with van der Waals surface area (Å²) in [6.07, 6.45) is 11.4. The summed E-state index contributed by atoms with van der Waals surface area (Å²) in [7, 11) is 0. The minimum Gasteiger partial charge on any atom is -0.478 e. The average Bonchev–Trinajstić information content (AvgIpc) is 3.37. The van der Waals surface area contributed by atoms with Crippen molar-refractivity contribution < 1.29 is 19.8 Å². The highest BCUT2D eigenvalue weighted by molar-refractivity contribution is 5.85. The fraction of sp³-hybridized carbons (Fsp3) is 0.739. The lowest BCUT2D eigenvalue weighted by Gasteiger charge is -2.40. The molecule has 5 saturated carbocycles. The van der Waals surface area contributed by atoms with E-state index in [-0.39, 0.29) is 11.1 Å². The van der Waals surface area contributed by atoms with Gasteiger partial charge in [0, 0.05) is 11.1 Å². The quantitative estimate of drug-likeness (QED) is 0.526. The molecule has 150 valence electrons. The molecule has 5 rings (SSSR count). The van der Waals surface area contributed by atoms with Gasteiger partial charge >= 0.3 is 11.9 Å². The molecule has 0 aliphatic heterocycles. The van der Waals surface area contributed by atoms with Crippen molar-refractivity contribution in [3.05, 3.63) is 24.3 Å². The summed E-state index contributed by atoms with van der Waals surface area (Å²) in [6, 6.07) is 0. The number of fused-ring (bicyclic) bond motifs is 12. The van der Waals surface area contributed by atoms with Gasteiger partial charge in [-0.3, -0.25) is 0 Å². The topological polar surface area (TPSA) is 74.6 Å². The van der Waals surface area contributed by atoms with Crippen LogP contribution in [0.5, 0.6) is 0 Å². The molecular weight excluding hydrogens is 340 g/mol. The third kappa shape index (κ3) is 3.72. The second-order valence-corrected chi connectivity index (χ2v) is 9.48. The highest BCUT2D eigenvalue weighted by atomic mass is 16.4. The fourth-order valence-corrected chi connectivity index (χ4v) is 7.28. The van der Waals surface area contributed by atoms with Crippen molar-refractivity contribution in [2.45, 2.75) is 58.8 Å². The van der Waals surface area contributed by atoms with Crippen LogP contribution in [0.4, 0.5) is 0 Å². The molecule has 0 spiro atoms. The van der Waals surface area contributed by atoms with Gasteiger partial charge < -0.3 is 10.2 Å². The molecule has 4 nitrogen and oxygen atoms in total. The molecule has 0 saturated heterocycles. The van der Waals surface area contributed by atoms with E-state index < -0.39 is 11.9 Å². The highest BCUT2D eigenvalue weighted by Gasteiger charge is 2.65. The SMILES string of the molecule is C1CC2C(C1)C1CC2C2C3CCC(C3)C12.C=C(C)C(=O)O.C=C(C)C(=O)O. The minimum absolute atomic E-state index is 0.176. The average molecular weight is 375 g/mol. The maximum Gasteiger partial charge on any atom is 0.330 e. The molecule has 5 aliphatic carbocycles. The lowest BCUT2D eigenvalue weighted by molar-refractivity contribution is -0.133. The Labute approximate surface area is 162 Å². The molecule has 0 heterocycles. The maximum atomic E-state index is 9.60. The first-order chi connectivity index (χ1) is 12.7. The lowest BCUT2D eigenvalue weighted by Crippen LogP contribution is -2.35. The zero-order chi connectivity index (χ0) is 19.9. The summed E-state index contributed by atoms with van der Waals surface area (Å²) < 4.78 is 0. The molecule has 8 atom stereocenters. The van der Waals surface area contributed by atoms with Gasteiger partial charge in [-0.05, 0) is 99.7 Å². The van der Waals surface area contributed by atoms with Crippen LogP contribution in [0.1, 0.15) is 58.8 Å². The van der Waals surface area contributed by atoms with E-state index in [9.17, 15) is 9.59 Å². The number of aliphatic carboxylic acids is 2. The van der Waals surface area contributed by atoms with Crippen LogP contribution in [0.15, 0.2) is 24.3 Å². The molecule has 0 aromatic rings. The summed E-state index contributed by atoms with van der Waals surface area (Å²) in [5.41, 5.74) is 0.352. The second kappa shape index (κ2) is 7.81. The molecule has 0 aromatic heterocycles. The second-order valence-electron chi connectivity index (χ2n) is 9.48. The Bertz CT molecular complexity index is 560. The third-order valence-corrected chi connectivity index (χ3v) is 8.03. The third-order valence-electron chi connectivity index (χ3n) is 8.03. The summed E-state index contributed by atoms with van der Waals surface area (Å²) in [4.78, 5) is 19.2. The van der Waals surface area contributed by atoms with E-state index in [0.717, 1.165) is 0 Å². The first-order valence-corrected chi connectivity index (χ1v) is 10.5. The summed E-state index contributed by atoms with van der Waals surface area (Å²) >= 11 is 0. The Morgan fingerprint density at radius 1 is 0.704 bits per heavy atom. The van der Waals surface area contributed by atoms with E-state index in [0.29, 0.717) is 0 Å². The van der Waals surface area contributed by atoms with Crippen LogP contribution < -0.4 is 0 Å². The highest BCUT2D eigenvalue weighted by Crippen LogP contribution is 2.72. The van der Waals surface area contributed by atoms with E-state index in [1.807, 2.05) is 0 Å². The standard InChI is InChI=1S/C15H22.2C4H6O2/c1-2-10-11(3-1)13-7-12(10)14-8-4-5-9(6-8)15(13)14;2*1-3(2)4(5)6/h8-15H,1-7H2;2*1H2,2H3,(H,5,6). The molecule has 4 bridgehead atoms. The Morgan fingerprint density at radius 2 is 1.07 bits per heavy atom. The van der Waals surface area contributed by atoms with Crippen LogP contribution in [-0.4, -0.2) is 22.2 Å². The Morgan fingerprint density at radius 3 is 1.41 bits per heavy atom. The zero-order valence-corrected chi connectivity index (χ0v) is 16.7. The van der Waals surface area contributed by atoms with Crippen LogP contribution in [0.25, 0.3) is 0 Å². The van der Waals surface area contributed by atoms with Crippen LogP contribution in [0.3, 0.4) is 0 Å². The smallest absolute Gasteiger partial charge is 0.330 e. The van der Waals surface area contributed by atoms with Crippen molar-refractivity contribution in [2.75, 3.05) is 0 Å². The first kappa shape index (κ1) is 20.2. The summed E-state index contributed by atoms with van der Waals surface area (Å²) in [5.74, 6) is 7.91. The maximum absolute atomic E-state index is 9.60. The molecule has 5 aliphatic rings. The number of carboxylic acids is 2. The first-order valence-electron chi connectivity index (χ1n) is 10.5. The minimum atomic E-state index is -0.935. The van der Waals surface area contributed by atoms with Gasteiger partial charge in [-0.1, -0.05) is 19.6 Å². The predicted octanol–water partition coefficient (Wildman–Crippen LogP) is 5.01. The van der Waals surface area contributed by atoms with Crippen molar-refractivity contribution in [3.63, 3.8) is 0 Å². The van der Waals surface area contributed by atoms with Crippen LogP contribution >= 0.6 is 0 Å². The lowest BCUT2D eigenvalue weighted by atomic mass is 9.64. The molecule has 0 amide bonds. The van der Waals surface area contributed by atoms with Crippen LogP contribution in [-0.2, 0) is 9.59 Å². The molecule has 5 fully saturated rings. The molecule has 2 N–H and O–H groups in total. The van der Waals surface area contributed by atoms with Gasteiger partial charge in [0.05, 0.1) is 0 Å². The number of hydrogen-bond acceptors (Lipinski definition) is 2. The van der Waals surface area contributed by atoms with E-state index in [4.69, 9.17) is 10.2 Å². The Kier molecular flexibility index (Phi) is 5.83. The number of hydrogen-bond donors (Lipinski definition) is 2. The van der Waals surface area contributed by atoms with Gasteiger partial charge in [0.15, 0.2) is 0 Å². The van der Waals surface area contributed by atoms with Crippen molar-refractivity contribution in [3.8, 4) is 0 Å². The molecule has 0 radical (unpaired) electrons. The normalized spacial score (nSPS) is 41.6. The van der Waals surface area contributed by atoms with Crippen LogP contribution in [0, 0.1) is 47.3 Å². The molecular formula is C23H34O4. The number of carboxylic acid groups (broad SMARTS) is 2. The number of rotatable bonds is 2. The van der Waals surface area contributed by atoms with Gasteiger partial charge in [0.25, 0.3) is 0 Å². The van der Waals surface area contributed by atoms with Crippen molar-refractivity contribution in [1.82, 2.24) is 0 Å². The fourth-order valence-electron chi connectivity index (χ4n) is 7.28. The Hall–Kier alpha value is -1.58. The van der Waals surface area contributed by atoms with E-state index in [1.54, 1.807) is 44.9 Å². The monoisotopic (exact) mass is 374 g/mol. The summed E-state index contributed by atoms with van der Waals surface area (Å²) in [5, 5.41) is 15.8. The number of carbonyl (C=O) groups is 2. The molecule has 8 unspecified atom stereocenters. The van der Waals surface area contributed by atoms with E-state index >= 15 is 0 Å².